The van der Waals surface area contributed by atoms with Gasteiger partial charge >= 0.3 is 11.9 Å². The molecule has 0 aromatic heterocycles. The number of carbonyl (C=O) groups is 2. The lowest BCUT2D eigenvalue weighted by atomic mass is 9.75. The summed E-state index contributed by atoms with van der Waals surface area (Å²) >= 11 is 0. The van der Waals surface area contributed by atoms with Crippen molar-refractivity contribution in [1.82, 2.24) is 0 Å². The highest BCUT2D eigenvalue weighted by molar-refractivity contribution is 5.95. The van der Waals surface area contributed by atoms with E-state index in [4.69, 9.17) is 14.6 Å². The minimum absolute atomic E-state index is 0.0563. The van der Waals surface area contributed by atoms with Gasteiger partial charge in [-0.05, 0) is 37.8 Å². The largest absolute Gasteiger partial charge is 0.491 e. The molecule has 1 heterocycles. The van der Waals surface area contributed by atoms with Crippen LogP contribution in [0.15, 0.2) is 18.2 Å². The Morgan fingerprint density at radius 2 is 2.14 bits per heavy atom. The van der Waals surface area contributed by atoms with E-state index >= 15 is 0 Å². The molecule has 1 aromatic rings. The fraction of sp³-hybridized carbons (Fsp3) is 0.500. The van der Waals surface area contributed by atoms with Gasteiger partial charge in [-0.1, -0.05) is 6.07 Å². The van der Waals surface area contributed by atoms with Crippen LogP contribution in [-0.4, -0.2) is 30.3 Å². The molecular weight excluding hydrogens is 291 g/mol. The average molecular weight is 308 g/mol. The summed E-state index contributed by atoms with van der Waals surface area (Å²) in [6, 6.07) is 5.04. The van der Waals surface area contributed by atoms with Crippen LogP contribution in [-0.2, 0) is 15.1 Å². The summed E-state index contributed by atoms with van der Waals surface area (Å²) in [5.41, 5.74) is 0.510. The third kappa shape index (κ3) is 2.42. The Kier molecular flexibility index (Phi) is 3.76. The van der Waals surface area contributed by atoms with E-state index in [0.717, 1.165) is 5.56 Å². The van der Waals surface area contributed by atoms with Gasteiger partial charge in [-0.3, -0.25) is 4.79 Å². The summed E-state index contributed by atoms with van der Waals surface area (Å²) in [6.45, 7) is -0.651. The van der Waals surface area contributed by atoms with E-state index in [1.807, 2.05) is 0 Å². The first-order valence-electron chi connectivity index (χ1n) is 7.35. The summed E-state index contributed by atoms with van der Waals surface area (Å²) in [5.74, 6) is -1.16. The number of hydrogen-bond donors (Lipinski definition) is 1. The van der Waals surface area contributed by atoms with Crippen LogP contribution < -0.4 is 4.74 Å². The van der Waals surface area contributed by atoms with Crippen LogP contribution in [0.3, 0.4) is 0 Å². The van der Waals surface area contributed by atoms with Gasteiger partial charge in [-0.2, -0.15) is 0 Å². The molecule has 0 unspecified atom stereocenters. The Labute approximate surface area is 127 Å². The number of rotatable bonds is 4. The van der Waals surface area contributed by atoms with E-state index in [0.29, 0.717) is 37.0 Å². The Bertz CT molecular complexity index is 605. The number of halogens is 1. The molecule has 0 atom stereocenters. The van der Waals surface area contributed by atoms with Crippen LogP contribution in [0.2, 0.25) is 0 Å². The molecule has 5 nitrogen and oxygen atoms in total. The van der Waals surface area contributed by atoms with E-state index in [1.54, 1.807) is 18.2 Å². The predicted octanol–water partition coefficient (Wildman–Crippen LogP) is 2.68. The third-order valence-electron chi connectivity index (χ3n) is 4.48. The van der Waals surface area contributed by atoms with E-state index in [-0.39, 0.29) is 12.5 Å². The Balaban J connectivity index is 1.84. The van der Waals surface area contributed by atoms with Gasteiger partial charge in [0.1, 0.15) is 24.6 Å². The van der Waals surface area contributed by atoms with E-state index in [2.05, 4.69) is 0 Å². The summed E-state index contributed by atoms with van der Waals surface area (Å²) < 4.78 is 22.9. The Hall–Kier alpha value is -2.11. The molecule has 1 saturated carbocycles. The molecule has 0 radical (unpaired) electrons. The lowest BCUT2D eigenvalue weighted by molar-refractivity contribution is -0.144. The number of aliphatic carboxylic acids is 1. The zero-order chi connectivity index (χ0) is 15.7. The molecule has 1 aromatic carbocycles. The number of ether oxygens (including phenoxy) is 2. The van der Waals surface area contributed by atoms with Crippen molar-refractivity contribution < 1.29 is 28.6 Å². The van der Waals surface area contributed by atoms with E-state index in [1.165, 1.54) is 0 Å². The molecule has 1 aliphatic heterocycles. The van der Waals surface area contributed by atoms with Gasteiger partial charge in [0, 0.05) is 5.56 Å². The maximum absolute atomic E-state index is 12.2. The van der Waals surface area contributed by atoms with Crippen LogP contribution in [0, 0.1) is 5.92 Å². The van der Waals surface area contributed by atoms with Crippen LogP contribution in [0.1, 0.15) is 41.6 Å². The van der Waals surface area contributed by atoms with Crippen LogP contribution in [0.4, 0.5) is 4.39 Å². The number of esters is 1. The molecule has 0 bridgehead atoms. The van der Waals surface area contributed by atoms with Crippen molar-refractivity contribution in [3.63, 3.8) is 0 Å². The number of hydrogen-bond acceptors (Lipinski definition) is 4. The van der Waals surface area contributed by atoms with Gasteiger partial charge in [0.05, 0.1) is 11.5 Å². The highest BCUT2D eigenvalue weighted by Gasteiger charge is 2.48. The second-order valence-corrected chi connectivity index (χ2v) is 5.74. The van der Waals surface area contributed by atoms with Gasteiger partial charge in [0.2, 0.25) is 0 Å². The standard InChI is InChI=1S/C16H17FO5/c17-7-8-21-11-1-2-13-12(9-11)15(20)22-16(13)5-3-10(4-6-16)14(18)19/h1-2,9-10H,3-8H2,(H,18,19)/t10-,16-. The zero-order valence-corrected chi connectivity index (χ0v) is 12.0. The van der Waals surface area contributed by atoms with E-state index in [9.17, 15) is 14.0 Å². The van der Waals surface area contributed by atoms with Crippen LogP contribution in [0.5, 0.6) is 5.75 Å². The molecule has 1 N–H and O–H groups in total. The molecule has 118 valence electrons. The first-order valence-corrected chi connectivity index (χ1v) is 7.35. The smallest absolute Gasteiger partial charge is 0.339 e. The van der Waals surface area contributed by atoms with Crippen molar-refractivity contribution in [3.05, 3.63) is 29.3 Å². The summed E-state index contributed by atoms with van der Waals surface area (Å²) in [5, 5.41) is 9.08. The van der Waals surface area contributed by atoms with Crippen molar-refractivity contribution in [2.45, 2.75) is 31.3 Å². The average Bonchev–Trinajstić information content (AvgIpc) is 2.78. The second-order valence-electron chi connectivity index (χ2n) is 5.74. The molecule has 0 amide bonds. The summed E-state index contributed by atoms with van der Waals surface area (Å²) in [4.78, 5) is 23.2. The van der Waals surface area contributed by atoms with Gasteiger partial charge in [-0.15, -0.1) is 0 Å². The second kappa shape index (κ2) is 5.59. The highest BCUT2D eigenvalue weighted by Crippen LogP contribution is 2.48. The van der Waals surface area contributed by atoms with E-state index < -0.39 is 24.2 Å². The van der Waals surface area contributed by atoms with Crippen molar-refractivity contribution in [2.24, 2.45) is 5.92 Å². The van der Waals surface area contributed by atoms with Crippen molar-refractivity contribution >= 4 is 11.9 Å². The lowest BCUT2D eigenvalue weighted by Crippen LogP contribution is -2.34. The Morgan fingerprint density at radius 3 is 2.77 bits per heavy atom. The maximum Gasteiger partial charge on any atom is 0.339 e. The molecular formula is C16H17FO5. The molecule has 3 rings (SSSR count). The summed E-state index contributed by atoms with van der Waals surface area (Å²) in [6.07, 6.45) is 1.99. The minimum atomic E-state index is -0.797. The van der Waals surface area contributed by atoms with Crippen molar-refractivity contribution in [2.75, 3.05) is 13.3 Å². The zero-order valence-electron chi connectivity index (χ0n) is 12.0. The van der Waals surface area contributed by atoms with Gasteiger partial charge in [-0.25, -0.2) is 9.18 Å². The SMILES string of the molecule is O=C1O[C@]2(CC[C@H](C(=O)O)CC2)c2ccc(OCCF)cc21. The summed E-state index contributed by atoms with van der Waals surface area (Å²) in [7, 11) is 0. The number of alkyl halides is 1. The lowest BCUT2D eigenvalue weighted by Gasteiger charge is -2.35. The predicted molar refractivity (Wildman–Crippen MR) is 74.6 cm³/mol. The molecule has 22 heavy (non-hydrogen) atoms. The topological polar surface area (TPSA) is 72.8 Å². The molecule has 0 saturated heterocycles. The van der Waals surface area contributed by atoms with Gasteiger partial charge < -0.3 is 14.6 Å². The number of benzene rings is 1. The maximum atomic E-state index is 12.2. The normalized spacial score (nSPS) is 26.6. The van der Waals surface area contributed by atoms with Crippen LogP contribution in [0.25, 0.3) is 0 Å². The number of carbonyl (C=O) groups excluding carboxylic acids is 1. The first-order chi connectivity index (χ1) is 10.6. The first kappa shape index (κ1) is 14.8. The van der Waals surface area contributed by atoms with Gasteiger partial charge in [0.15, 0.2) is 0 Å². The fourth-order valence-electron chi connectivity index (χ4n) is 3.33. The Morgan fingerprint density at radius 1 is 1.41 bits per heavy atom. The van der Waals surface area contributed by atoms with Gasteiger partial charge in [0.25, 0.3) is 0 Å². The fourth-order valence-corrected chi connectivity index (χ4v) is 3.33. The number of carboxylic acids is 1. The third-order valence-corrected chi connectivity index (χ3v) is 4.48. The number of fused-ring (bicyclic) bond motifs is 2. The minimum Gasteiger partial charge on any atom is -0.491 e. The highest BCUT2D eigenvalue weighted by atomic mass is 19.1. The van der Waals surface area contributed by atoms with Crippen LogP contribution >= 0.6 is 0 Å². The molecule has 1 spiro atoms. The molecule has 1 fully saturated rings. The molecule has 6 heteroatoms. The number of carboxylic acid groups (broad SMARTS) is 1. The quantitative estimate of drug-likeness (QED) is 0.866. The molecule has 1 aliphatic carbocycles. The van der Waals surface area contributed by atoms with Crippen molar-refractivity contribution in [3.8, 4) is 5.75 Å². The monoisotopic (exact) mass is 308 g/mol. The van der Waals surface area contributed by atoms with Crippen molar-refractivity contribution in [1.29, 1.82) is 0 Å². The molecule has 2 aliphatic rings.